The van der Waals surface area contributed by atoms with Crippen molar-refractivity contribution in [3.05, 3.63) is 72.8 Å². The van der Waals surface area contributed by atoms with Crippen LogP contribution >= 0.6 is 0 Å². The molecule has 1 aliphatic rings. The van der Waals surface area contributed by atoms with E-state index in [9.17, 15) is 4.79 Å². The maximum atomic E-state index is 10.8. The van der Waals surface area contributed by atoms with Crippen LogP contribution in [0.25, 0.3) is 0 Å². The summed E-state index contributed by atoms with van der Waals surface area (Å²) in [5, 5.41) is 2.56. The number of benzene rings is 2. The molecule has 4 nitrogen and oxygen atoms in total. The van der Waals surface area contributed by atoms with Gasteiger partial charge in [-0.2, -0.15) is 0 Å². The van der Waals surface area contributed by atoms with Crippen LogP contribution in [0.3, 0.4) is 0 Å². The molecule has 0 aromatic heterocycles. The molecule has 0 aliphatic carbocycles. The number of epoxide rings is 1. The Balaban J connectivity index is 1.71. The number of carbonyl (C=O) groups is 1. The van der Waals surface area contributed by atoms with Gasteiger partial charge >= 0.3 is 5.97 Å². The first-order valence-corrected chi connectivity index (χ1v) is 12.5. The van der Waals surface area contributed by atoms with Gasteiger partial charge in [0.1, 0.15) is 12.7 Å². The number of esters is 1. The van der Waals surface area contributed by atoms with Gasteiger partial charge in [0, 0.05) is 13.5 Å². The van der Waals surface area contributed by atoms with Gasteiger partial charge in [-0.3, -0.25) is 4.79 Å². The summed E-state index contributed by atoms with van der Waals surface area (Å²) in [4.78, 5) is 10.8. The topological polar surface area (TPSA) is 48.1 Å². The molecule has 30 heavy (non-hydrogen) atoms. The minimum Gasteiger partial charge on any atom is -0.462 e. The molecular weight excluding hydrogens is 392 g/mol. The van der Waals surface area contributed by atoms with Gasteiger partial charge in [0.25, 0.3) is 8.32 Å². The van der Waals surface area contributed by atoms with Crippen LogP contribution in [0.15, 0.2) is 72.8 Å². The summed E-state index contributed by atoms with van der Waals surface area (Å²) in [5.74, 6) is -0.272. The van der Waals surface area contributed by atoms with Gasteiger partial charge < -0.3 is 13.9 Å². The van der Waals surface area contributed by atoms with E-state index in [2.05, 4.69) is 81.4 Å². The van der Waals surface area contributed by atoms with Crippen molar-refractivity contribution in [1.29, 1.82) is 0 Å². The van der Waals surface area contributed by atoms with E-state index in [-0.39, 0.29) is 23.2 Å². The van der Waals surface area contributed by atoms with Gasteiger partial charge in [0.15, 0.2) is 0 Å². The van der Waals surface area contributed by atoms with Crippen LogP contribution in [0.4, 0.5) is 0 Å². The number of hydrogen-bond acceptors (Lipinski definition) is 4. The normalized spacial score (nSPS) is 19.1. The van der Waals surface area contributed by atoms with Crippen LogP contribution in [0, 0.1) is 0 Å². The number of ether oxygens (including phenoxy) is 2. The predicted molar refractivity (Wildman–Crippen MR) is 123 cm³/mol. The molecule has 1 saturated heterocycles. The van der Waals surface area contributed by atoms with E-state index in [1.54, 1.807) is 0 Å². The first kappa shape index (κ1) is 22.5. The van der Waals surface area contributed by atoms with E-state index in [0.29, 0.717) is 13.2 Å². The number of rotatable bonds is 9. The highest BCUT2D eigenvalue weighted by Crippen LogP contribution is 2.37. The van der Waals surface area contributed by atoms with Crippen LogP contribution in [0.2, 0.25) is 5.04 Å². The highest BCUT2D eigenvalue weighted by atomic mass is 28.4. The standard InChI is InChI=1S/C25H32O4Si/c1-20(26)27-18-11-16-23-24(29-23)17-19-28-30(25(2,3)4,21-12-7-5-8-13-21)22-14-9-6-10-15-22/h5-16,23-24H,17-19H2,1-4H3/b16-11-/t23-,24+/m0/s1. The Labute approximate surface area is 181 Å². The SMILES string of the molecule is CC(=O)OC/C=C\[C@@H]1O[C@@H]1CCO[Si](c1ccccc1)(c1ccccc1)C(C)(C)C. The highest BCUT2D eigenvalue weighted by Gasteiger charge is 2.50. The molecule has 0 saturated carbocycles. The fraction of sp³-hybridized carbons (Fsp3) is 0.400. The van der Waals surface area contributed by atoms with Crippen molar-refractivity contribution in [2.24, 2.45) is 0 Å². The smallest absolute Gasteiger partial charge is 0.302 e. The number of carbonyl (C=O) groups excluding carboxylic acids is 1. The van der Waals surface area contributed by atoms with Crippen molar-refractivity contribution in [1.82, 2.24) is 0 Å². The molecule has 160 valence electrons. The van der Waals surface area contributed by atoms with Gasteiger partial charge in [-0.15, -0.1) is 0 Å². The summed E-state index contributed by atoms with van der Waals surface area (Å²) in [6.07, 6.45) is 4.90. The molecule has 5 heteroatoms. The van der Waals surface area contributed by atoms with Gasteiger partial charge in [0.2, 0.25) is 0 Å². The van der Waals surface area contributed by atoms with Crippen LogP contribution in [0.5, 0.6) is 0 Å². The third kappa shape index (κ3) is 5.28. The molecule has 0 spiro atoms. The Kier molecular flexibility index (Phi) is 7.29. The zero-order valence-electron chi connectivity index (χ0n) is 18.3. The summed E-state index contributed by atoms with van der Waals surface area (Å²) in [7, 11) is -2.49. The molecule has 2 atom stereocenters. The van der Waals surface area contributed by atoms with E-state index < -0.39 is 8.32 Å². The highest BCUT2D eigenvalue weighted by molar-refractivity contribution is 6.99. The minimum atomic E-state index is -2.49. The lowest BCUT2D eigenvalue weighted by Gasteiger charge is -2.43. The van der Waals surface area contributed by atoms with E-state index in [0.717, 1.165) is 6.42 Å². The fourth-order valence-electron chi connectivity index (χ4n) is 4.00. The molecule has 0 bridgehead atoms. The maximum absolute atomic E-state index is 10.8. The van der Waals surface area contributed by atoms with Crippen LogP contribution in [-0.4, -0.2) is 39.7 Å². The molecule has 0 amide bonds. The van der Waals surface area contributed by atoms with Crippen LogP contribution < -0.4 is 10.4 Å². The lowest BCUT2D eigenvalue weighted by molar-refractivity contribution is -0.139. The molecule has 1 aliphatic heterocycles. The van der Waals surface area contributed by atoms with E-state index in [4.69, 9.17) is 13.9 Å². The average molecular weight is 425 g/mol. The molecule has 0 N–H and O–H groups in total. The predicted octanol–water partition coefficient (Wildman–Crippen LogP) is 3.84. The largest absolute Gasteiger partial charge is 0.462 e. The Morgan fingerprint density at radius 1 is 1.03 bits per heavy atom. The summed E-state index contributed by atoms with van der Waals surface area (Å²) in [6.45, 7) is 9.20. The van der Waals surface area contributed by atoms with Crippen molar-refractivity contribution >= 4 is 24.7 Å². The summed E-state index contributed by atoms with van der Waals surface area (Å²) in [6, 6.07) is 21.3. The van der Waals surface area contributed by atoms with Crippen molar-refractivity contribution in [2.45, 2.75) is 51.4 Å². The maximum Gasteiger partial charge on any atom is 0.302 e. The second-order valence-electron chi connectivity index (χ2n) is 8.67. The molecule has 0 unspecified atom stereocenters. The molecule has 3 rings (SSSR count). The van der Waals surface area contributed by atoms with E-state index in [1.165, 1.54) is 17.3 Å². The summed E-state index contributed by atoms with van der Waals surface area (Å²) in [5.41, 5.74) is 0. The van der Waals surface area contributed by atoms with Gasteiger partial charge in [-0.25, -0.2) is 0 Å². The molecule has 2 aromatic carbocycles. The Morgan fingerprint density at radius 3 is 2.10 bits per heavy atom. The second-order valence-corrected chi connectivity index (χ2v) is 13.0. The quantitative estimate of drug-likeness (QED) is 0.266. The number of hydrogen-bond donors (Lipinski definition) is 0. The summed E-state index contributed by atoms with van der Waals surface area (Å²) >= 11 is 0. The lowest BCUT2D eigenvalue weighted by atomic mass is 10.2. The Morgan fingerprint density at radius 2 is 1.60 bits per heavy atom. The molecule has 1 heterocycles. The van der Waals surface area contributed by atoms with Gasteiger partial charge in [-0.05, 0) is 27.9 Å². The van der Waals surface area contributed by atoms with Gasteiger partial charge in [0.05, 0.1) is 6.10 Å². The molecule has 2 aromatic rings. The van der Waals surface area contributed by atoms with Crippen molar-refractivity contribution in [3.63, 3.8) is 0 Å². The minimum absolute atomic E-state index is 0.0244. The van der Waals surface area contributed by atoms with Gasteiger partial charge in [-0.1, -0.05) is 87.5 Å². The monoisotopic (exact) mass is 424 g/mol. The first-order valence-electron chi connectivity index (χ1n) is 10.5. The average Bonchev–Trinajstić information content (AvgIpc) is 3.47. The van der Waals surface area contributed by atoms with Crippen molar-refractivity contribution in [2.75, 3.05) is 13.2 Å². The zero-order chi connectivity index (χ0) is 21.6. The molecule has 0 radical (unpaired) electrons. The van der Waals surface area contributed by atoms with Crippen LogP contribution in [-0.2, 0) is 18.7 Å². The van der Waals surface area contributed by atoms with Crippen molar-refractivity contribution < 1.29 is 18.7 Å². The summed E-state index contributed by atoms with van der Waals surface area (Å²) < 4.78 is 17.5. The zero-order valence-corrected chi connectivity index (χ0v) is 19.3. The first-order chi connectivity index (χ1) is 14.3. The fourth-order valence-corrected chi connectivity index (χ4v) is 8.58. The third-order valence-electron chi connectivity index (χ3n) is 5.47. The Bertz CT molecular complexity index is 803. The second kappa shape index (κ2) is 9.73. The van der Waals surface area contributed by atoms with Crippen LogP contribution in [0.1, 0.15) is 34.1 Å². The molecular formula is C25H32O4Si. The molecule has 1 fully saturated rings. The van der Waals surface area contributed by atoms with Crippen molar-refractivity contribution in [3.8, 4) is 0 Å². The lowest BCUT2D eigenvalue weighted by Crippen LogP contribution is -2.66. The Hall–Kier alpha value is -2.21. The van der Waals surface area contributed by atoms with E-state index >= 15 is 0 Å². The van der Waals surface area contributed by atoms with E-state index in [1.807, 2.05) is 12.2 Å². The third-order valence-corrected chi connectivity index (χ3v) is 10.5.